The molecule has 23 heavy (non-hydrogen) atoms. The first-order valence-corrected chi connectivity index (χ1v) is 8.41. The lowest BCUT2D eigenvalue weighted by Gasteiger charge is -2.10. The van der Waals surface area contributed by atoms with Crippen molar-refractivity contribution in [3.63, 3.8) is 0 Å². The molecule has 0 aliphatic rings. The van der Waals surface area contributed by atoms with Crippen LogP contribution in [0.3, 0.4) is 0 Å². The van der Waals surface area contributed by atoms with Gasteiger partial charge >= 0.3 is 0 Å². The molecule has 0 fully saturated rings. The third kappa shape index (κ3) is 3.46. The van der Waals surface area contributed by atoms with Crippen LogP contribution in [0.15, 0.2) is 66.2 Å². The minimum absolute atomic E-state index is 0.0603. The highest BCUT2D eigenvalue weighted by atomic mass is 35.5. The highest BCUT2D eigenvalue weighted by Gasteiger charge is 2.16. The van der Waals surface area contributed by atoms with Gasteiger partial charge in [0.1, 0.15) is 6.33 Å². The van der Waals surface area contributed by atoms with Crippen molar-refractivity contribution in [2.24, 2.45) is 0 Å². The molecule has 0 spiro atoms. The van der Waals surface area contributed by atoms with E-state index in [-0.39, 0.29) is 15.7 Å². The van der Waals surface area contributed by atoms with Gasteiger partial charge in [0.25, 0.3) is 10.0 Å². The molecule has 0 aliphatic heterocycles. The van der Waals surface area contributed by atoms with Gasteiger partial charge in [0, 0.05) is 29.7 Å². The molecule has 3 aromatic rings. The van der Waals surface area contributed by atoms with Gasteiger partial charge in [-0.2, -0.15) is 0 Å². The average molecular weight is 347 g/mol. The van der Waals surface area contributed by atoms with E-state index in [2.05, 4.69) is 19.7 Å². The molecule has 2 aromatic heterocycles. The number of anilines is 1. The molecule has 1 aromatic carbocycles. The molecule has 3 rings (SSSR count). The number of aromatic nitrogens is 3. The average Bonchev–Trinajstić information content (AvgIpc) is 2.58. The Morgan fingerprint density at radius 1 is 0.957 bits per heavy atom. The van der Waals surface area contributed by atoms with Crippen LogP contribution in [0.25, 0.3) is 11.1 Å². The van der Waals surface area contributed by atoms with Crippen LogP contribution < -0.4 is 4.72 Å². The first-order valence-electron chi connectivity index (χ1n) is 6.55. The Bertz CT molecular complexity index is 919. The van der Waals surface area contributed by atoms with E-state index in [4.69, 9.17) is 11.6 Å². The van der Waals surface area contributed by atoms with E-state index in [0.29, 0.717) is 11.1 Å². The molecular formula is C15H11ClN4O2S. The largest absolute Gasteiger partial charge is 0.276 e. The molecule has 0 atom stereocenters. The van der Waals surface area contributed by atoms with E-state index in [1.807, 2.05) is 0 Å². The van der Waals surface area contributed by atoms with Gasteiger partial charge in [-0.3, -0.25) is 4.72 Å². The molecule has 116 valence electrons. The topological polar surface area (TPSA) is 84.8 Å². The maximum atomic E-state index is 12.4. The summed E-state index contributed by atoms with van der Waals surface area (Å²) in [6.07, 6.45) is 6.15. The van der Waals surface area contributed by atoms with Gasteiger partial charge in [0.2, 0.25) is 0 Å². The Hall–Kier alpha value is -2.51. The quantitative estimate of drug-likeness (QED) is 0.734. The van der Waals surface area contributed by atoms with Crippen LogP contribution in [-0.2, 0) is 10.0 Å². The van der Waals surface area contributed by atoms with Gasteiger partial charge in [-0.05, 0) is 18.2 Å². The first-order chi connectivity index (χ1) is 11.1. The van der Waals surface area contributed by atoms with Crippen LogP contribution in [0.2, 0.25) is 5.15 Å². The first kappa shape index (κ1) is 15.4. The second-order valence-corrected chi connectivity index (χ2v) is 6.65. The fourth-order valence-corrected chi connectivity index (χ4v) is 3.21. The van der Waals surface area contributed by atoms with Crippen LogP contribution in [-0.4, -0.2) is 23.4 Å². The summed E-state index contributed by atoms with van der Waals surface area (Å²) in [6, 6.07) is 9.62. The van der Waals surface area contributed by atoms with Crippen molar-refractivity contribution in [3.05, 3.63) is 66.5 Å². The van der Waals surface area contributed by atoms with E-state index < -0.39 is 10.0 Å². The maximum Gasteiger partial charge on any atom is 0.261 e. The molecule has 0 radical (unpaired) electrons. The van der Waals surface area contributed by atoms with Crippen molar-refractivity contribution < 1.29 is 8.42 Å². The van der Waals surface area contributed by atoms with Crippen LogP contribution >= 0.6 is 11.6 Å². The Balaban J connectivity index is 1.97. The summed E-state index contributed by atoms with van der Waals surface area (Å²) < 4.78 is 27.2. The van der Waals surface area contributed by atoms with E-state index in [9.17, 15) is 8.42 Å². The Labute approximate surface area is 138 Å². The Morgan fingerprint density at radius 2 is 1.65 bits per heavy atom. The highest BCUT2D eigenvalue weighted by molar-refractivity contribution is 7.92. The number of nitrogens with one attached hydrogen (secondary N) is 1. The molecular weight excluding hydrogens is 336 g/mol. The summed E-state index contributed by atoms with van der Waals surface area (Å²) in [7, 11) is -3.74. The molecule has 0 aliphatic carbocycles. The fraction of sp³-hybridized carbons (Fsp3) is 0. The molecule has 0 unspecified atom stereocenters. The molecule has 0 saturated carbocycles. The monoisotopic (exact) mass is 346 g/mol. The van der Waals surface area contributed by atoms with E-state index in [0.717, 1.165) is 0 Å². The zero-order valence-electron chi connectivity index (χ0n) is 11.7. The number of pyridine rings is 1. The van der Waals surface area contributed by atoms with Gasteiger partial charge in [-0.25, -0.2) is 23.4 Å². The maximum absolute atomic E-state index is 12.4. The van der Waals surface area contributed by atoms with Crippen molar-refractivity contribution in [2.75, 3.05) is 4.72 Å². The predicted octanol–water partition coefficient (Wildman–Crippen LogP) is 2.99. The van der Waals surface area contributed by atoms with Crippen LogP contribution in [0, 0.1) is 0 Å². The number of sulfonamides is 1. The van der Waals surface area contributed by atoms with Gasteiger partial charge in [0.05, 0.1) is 10.6 Å². The second kappa shape index (κ2) is 6.31. The summed E-state index contributed by atoms with van der Waals surface area (Å²) in [5.41, 5.74) is 1.55. The zero-order chi connectivity index (χ0) is 16.3. The number of hydrogen-bond donors (Lipinski definition) is 1. The summed E-state index contributed by atoms with van der Waals surface area (Å²) in [6.45, 7) is 0. The summed E-state index contributed by atoms with van der Waals surface area (Å²) >= 11 is 6.01. The normalized spacial score (nSPS) is 11.2. The number of nitrogens with zero attached hydrogens (tertiary/aromatic N) is 3. The summed E-state index contributed by atoms with van der Waals surface area (Å²) in [5, 5.41) is 0.0603. The molecule has 1 N–H and O–H groups in total. The van der Waals surface area contributed by atoms with Gasteiger partial charge < -0.3 is 0 Å². The van der Waals surface area contributed by atoms with Crippen LogP contribution in [0.4, 0.5) is 5.69 Å². The minimum Gasteiger partial charge on any atom is -0.276 e. The minimum atomic E-state index is -3.74. The Morgan fingerprint density at radius 3 is 2.35 bits per heavy atom. The van der Waals surface area contributed by atoms with Crippen molar-refractivity contribution in [3.8, 4) is 11.1 Å². The number of rotatable bonds is 4. The molecule has 8 heteroatoms. The molecule has 0 saturated heterocycles. The SMILES string of the molecule is O=S(=O)(Nc1cc(-c2cncnc2)cnc1Cl)c1ccccc1. The molecule has 0 amide bonds. The lowest BCUT2D eigenvalue weighted by molar-refractivity contribution is 0.601. The van der Waals surface area contributed by atoms with E-state index >= 15 is 0 Å². The zero-order valence-corrected chi connectivity index (χ0v) is 13.3. The third-order valence-electron chi connectivity index (χ3n) is 3.03. The third-order valence-corrected chi connectivity index (χ3v) is 4.71. The van der Waals surface area contributed by atoms with E-state index in [1.165, 1.54) is 24.7 Å². The van der Waals surface area contributed by atoms with Crippen LogP contribution in [0.5, 0.6) is 0 Å². The van der Waals surface area contributed by atoms with Crippen molar-refractivity contribution >= 4 is 27.3 Å². The summed E-state index contributed by atoms with van der Waals surface area (Å²) in [4.78, 5) is 12.0. The molecule has 6 nitrogen and oxygen atoms in total. The van der Waals surface area contributed by atoms with Gasteiger partial charge in [-0.1, -0.05) is 29.8 Å². The van der Waals surface area contributed by atoms with Gasteiger partial charge in [-0.15, -0.1) is 0 Å². The molecule has 0 bridgehead atoms. The lowest BCUT2D eigenvalue weighted by Crippen LogP contribution is -2.13. The lowest BCUT2D eigenvalue weighted by atomic mass is 10.1. The van der Waals surface area contributed by atoms with Crippen molar-refractivity contribution in [2.45, 2.75) is 4.90 Å². The molecule has 2 heterocycles. The number of benzene rings is 1. The summed E-state index contributed by atoms with van der Waals surface area (Å²) in [5.74, 6) is 0. The number of halogens is 1. The highest BCUT2D eigenvalue weighted by Crippen LogP contribution is 2.27. The Kier molecular flexibility index (Phi) is 4.22. The fourth-order valence-electron chi connectivity index (χ4n) is 1.93. The number of hydrogen-bond acceptors (Lipinski definition) is 5. The predicted molar refractivity (Wildman–Crippen MR) is 87.5 cm³/mol. The standard InChI is InChI=1S/C15H11ClN4O2S/c16-15-14(20-23(21,22)13-4-2-1-3-5-13)6-11(9-19-15)12-7-17-10-18-8-12/h1-10,20H. The smallest absolute Gasteiger partial charge is 0.261 e. The van der Waals surface area contributed by atoms with Crippen molar-refractivity contribution in [1.29, 1.82) is 0 Å². The van der Waals surface area contributed by atoms with E-state index in [1.54, 1.807) is 36.7 Å². The second-order valence-electron chi connectivity index (χ2n) is 4.61. The van der Waals surface area contributed by atoms with Crippen molar-refractivity contribution in [1.82, 2.24) is 15.0 Å². The van der Waals surface area contributed by atoms with Crippen LogP contribution in [0.1, 0.15) is 0 Å². The van der Waals surface area contributed by atoms with Gasteiger partial charge in [0.15, 0.2) is 5.15 Å².